The quantitative estimate of drug-likeness (QED) is 0.787. The van der Waals surface area contributed by atoms with Crippen LogP contribution in [0.2, 0.25) is 5.02 Å². The van der Waals surface area contributed by atoms with E-state index >= 15 is 0 Å². The summed E-state index contributed by atoms with van der Waals surface area (Å²) in [6.45, 7) is 3.85. The van der Waals surface area contributed by atoms with Crippen molar-refractivity contribution in [1.82, 2.24) is 5.32 Å². The van der Waals surface area contributed by atoms with Gasteiger partial charge in [-0.2, -0.15) is 0 Å². The number of hydrogen-bond donors (Lipinski definition) is 1. The Morgan fingerprint density at radius 3 is 2.75 bits per heavy atom. The van der Waals surface area contributed by atoms with Crippen LogP contribution >= 0.6 is 22.9 Å². The smallest absolute Gasteiger partial charge is 0.261 e. The zero-order chi connectivity index (χ0) is 9.14. The third kappa shape index (κ3) is 2.50. The van der Waals surface area contributed by atoms with Crippen LogP contribution in [-0.2, 0) is 0 Å². The van der Waals surface area contributed by atoms with Crippen molar-refractivity contribution in [1.29, 1.82) is 0 Å². The molecule has 0 saturated heterocycles. The molecule has 0 aliphatic rings. The van der Waals surface area contributed by atoms with Crippen molar-refractivity contribution >= 4 is 28.8 Å². The van der Waals surface area contributed by atoms with Gasteiger partial charge in [0.1, 0.15) is 0 Å². The Hall–Kier alpha value is -0.540. The number of rotatable bonds is 2. The number of carbonyl (C=O) groups is 1. The predicted octanol–water partition coefficient (Wildman–Crippen LogP) is 2.54. The van der Waals surface area contributed by atoms with Crippen LogP contribution in [0.3, 0.4) is 0 Å². The highest BCUT2D eigenvalue weighted by atomic mass is 35.5. The molecule has 0 radical (unpaired) electrons. The molecule has 1 aromatic heterocycles. The summed E-state index contributed by atoms with van der Waals surface area (Å²) in [5.41, 5.74) is 0. The molecule has 0 aromatic carbocycles. The topological polar surface area (TPSA) is 29.1 Å². The maximum Gasteiger partial charge on any atom is 0.261 e. The van der Waals surface area contributed by atoms with E-state index < -0.39 is 0 Å². The SMILES string of the molecule is CC(C)NC(=O)c1cc(Cl)cs1. The molecule has 0 fully saturated rings. The third-order valence-corrected chi connectivity index (χ3v) is 2.49. The summed E-state index contributed by atoms with van der Waals surface area (Å²) in [6.07, 6.45) is 0. The molecule has 0 bridgehead atoms. The number of thiophene rings is 1. The van der Waals surface area contributed by atoms with Crippen LogP contribution in [0.1, 0.15) is 23.5 Å². The minimum atomic E-state index is -0.0538. The van der Waals surface area contributed by atoms with Gasteiger partial charge in [-0.15, -0.1) is 11.3 Å². The predicted molar refractivity (Wildman–Crippen MR) is 51.9 cm³/mol. The van der Waals surface area contributed by atoms with Crippen molar-refractivity contribution in [2.45, 2.75) is 19.9 Å². The van der Waals surface area contributed by atoms with E-state index in [0.717, 1.165) is 0 Å². The molecule has 12 heavy (non-hydrogen) atoms. The fourth-order valence-corrected chi connectivity index (χ4v) is 1.74. The molecule has 4 heteroatoms. The molecule has 0 spiro atoms. The Morgan fingerprint density at radius 2 is 2.33 bits per heavy atom. The van der Waals surface area contributed by atoms with Gasteiger partial charge in [0.2, 0.25) is 0 Å². The first-order valence-electron chi connectivity index (χ1n) is 3.64. The molecule has 1 N–H and O–H groups in total. The van der Waals surface area contributed by atoms with E-state index in [1.165, 1.54) is 11.3 Å². The molecule has 1 aromatic rings. The number of hydrogen-bond acceptors (Lipinski definition) is 2. The van der Waals surface area contributed by atoms with E-state index in [-0.39, 0.29) is 11.9 Å². The highest BCUT2D eigenvalue weighted by molar-refractivity contribution is 7.12. The molecule has 66 valence electrons. The molecule has 0 aliphatic carbocycles. The maximum absolute atomic E-state index is 11.3. The van der Waals surface area contributed by atoms with Crippen LogP contribution in [0.4, 0.5) is 0 Å². The van der Waals surface area contributed by atoms with Crippen LogP contribution in [0, 0.1) is 0 Å². The number of amides is 1. The van der Waals surface area contributed by atoms with Crippen molar-refractivity contribution in [2.75, 3.05) is 0 Å². The van der Waals surface area contributed by atoms with Gasteiger partial charge in [0.15, 0.2) is 0 Å². The minimum absolute atomic E-state index is 0.0538. The monoisotopic (exact) mass is 203 g/mol. The summed E-state index contributed by atoms with van der Waals surface area (Å²) in [5.74, 6) is -0.0538. The fraction of sp³-hybridized carbons (Fsp3) is 0.375. The second-order valence-corrected chi connectivity index (χ2v) is 4.11. The van der Waals surface area contributed by atoms with Crippen molar-refractivity contribution in [3.8, 4) is 0 Å². The summed E-state index contributed by atoms with van der Waals surface area (Å²) in [4.78, 5) is 12.0. The zero-order valence-corrected chi connectivity index (χ0v) is 8.50. The molecule has 0 saturated carbocycles. The van der Waals surface area contributed by atoms with Gasteiger partial charge >= 0.3 is 0 Å². The lowest BCUT2D eigenvalue weighted by molar-refractivity contribution is 0.0947. The van der Waals surface area contributed by atoms with Crippen molar-refractivity contribution in [2.24, 2.45) is 0 Å². The molecule has 1 rings (SSSR count). The lowest BCUT2D eigenvalue weighted by atomic mass is 10.3. The first kappa shape index (κ1) is 9.55. The Labute approximate surface area is 80.5 Å². The van der Waals surface area contributed by atoms with Crippen LogP contribution < -0.4 is 5.32 Å². The van der Waals surface area contributed by atoms with Crippen LogP contribution in [-0.4, -0.2) is 11.9 Å². The normalized spacial score (nSPS) is 10.3. The number of carbonyl (C=O) groups excluding carboxylic acids is 1. The second kappa shape index (κ2) is 3.92. The third-order valence-electron chi connectivity index (χ3n) is 1.21. The van der Waals surface area contributed by atoms with Gasteiger partial charge in [0.05, 0.1) is 9.90 Å². The second-order valence-electron chi connectivity index (χ2n) is 2.76. The van der Waals surface area contributed by atoms with Crippen molar-refractivity contribution < 1.29 is 4.79 Å². The largest absolute Gasteiger partial charge is 0.349 e. The van der Waals surface area contributed by atoms with E-state index in [1.54, 1.807) is 11.4 Å². The van der Waals surface area contributed by atoms with Crippen LogP contribution in [0.5, 0.6) is 0 Å². The summed E-state index contributed by atoms with van der Waals surface area (Å²) in [5, 5.41) is 5.15. The Morgan fingerprint density at radius 1 is 1.67 bits per heavy atom. The van der Waals surface area contributed by atoms with E-state index in [1.807, 2.05) is 13.8 Å². The van der Waals surface area contributed by atoms with Crippen LogP contribution in [0.15, 0.2) is 11.4 Å². The van der Waals surface area contributed by atoms with Crippen molar-refractivity contribution in [3.63, 3.8) is 0 Å². The molecule has 1 amide bonds. The Balaban J connectivity index is 2.65. The average molecular weight is 204 g/mol. The van der Waals surface area contributed by atoms with Crippen LogP contribution in [0.25, 0.3) is 0 Å². The van der Waals surface area contributed by atoms with Gasteiger partial charge in [-0.3, -0.25) is 4.79 Å². The summed E-state index contributed by atoms with van der Waals surface area (Å²) < 4.78 is 0. The first-order chi connectivity index (χ1) is 5.59. The van der Waals surface area contributed by atoms with E-state index in [9.17, 15) is 4.79 Å². The van der Waals surface area contributed by atoms with E-state index in [0.29, 0.717) is 9.90 Å². The lowest BCUT2D eigenvalue weighted by Crippen LogP contribution is -2.29. The van der Waals surface area contributed by atoms with Gasteiger partial charge < -0.3 is 5.32 Å². The van der Waals surface area contributed by atoms with Crippen molar-refractivity contribution in [3.05, 3.63) is 21.3 Å². The molecule has 0 atom stereocenters. The van der Waals surface area contributed by atoms with Gasteiger partial charge in [0, 0.05) is 11.4 Å². The van der Waals surface area contributed by atoms with Gasteiger partial charge in [0.25, 0.3) is 5.91 Å². The van der Waals surface area contributed by atoms with Gasteiger partial charge in [-0.25, -0.2) is 0 Å². The molecule has 0 aliphatic heterocycles. The van der Waals surface area contributed by atoms with E-state index in [4.69, 9.17) is 11.6 Å². The maximum atomic E-state index is 11.3. The van der Waals surface area contributed by atoms with Gasteiger partial charge in [-0.1, -0.05) is 11.6 Å². The number of halogens is 1. The Bertz CT molecular complexity index is 282. The molecule has 0 unspecified atom stereocenters. The highest BCUT2D eigenvalue weighted by Gasteiger charge is 2.08. The highest BCUT2D eigenvalue weighted by Crippen LogP contribution is 2.18. The lowest BCUT2D eigenvalue weighted by Gasteiger charge is -2.05. The fourth-order valence-electron chi connectivity index (χ4n) is 0.765. The Kier molecular flexibility index (Phi) is 3.12. The summed E-state index contributed by atoms with van der Waals surface area (Å²) in [6, 6.07) is 1.84. The number of nitrogens with one attached hydrogen (secondary N) is 1. The molecular weight excluding hydrogens is 194 g/mol. The zero-order valence-electron chi connectivity index (χ0n) is 6.93. The molecular formula is C8H10ClNOS. The average Bonchev–Trinajstić information content (AvgIpc) is 2.34. The first-order valence-corrected chi connectivity index (χ1v) is 4.90. The summed E-state index contributed by atoms with van der Waals surface area (Å²) in [7, 11) is 0. The summed E-state index contributed by atoms with van der Waals surface area (Å²) >= 11 is 7.03. The molecule has 2 nitrogen and oxygen atoms in total. The van der Waals surface area contributed by atoms with Gasteiger partial charge in [-0.05, 0) is 19.9 Å². The van der Waals surface area contributed by atoms with E-state index in [2.05, 4.69) is 5.32 Å². The molecule has 1 heterocycles. The minimum Gasteiger partial charge on any atom is -0.349 e. The standard InChI is InChI=1S/C8H10ClNOS/c1-5(2)10-8(11)7-3-6(9)4-12-7/h3-5H,1-2H3,(H,10,11).